The zero-order chi connectivity index (χ0) is 21.1. The van der Waals surface area contributed by atoms with Crippen molar-refractivity contribution in [3.63, 3.8) is 0 Å². The van der Waals surface area contributed by atoms with E-state index < -0.39 is 0 Å². The number of hydrogen-bond acceptors (Lipinski definition) is 4. The molecule has 0 saturated carbocycles. The number of benzene rings is 2. The third-order valence-electron chi connectivity index (χ3n) is 4.95. The molecule has 0 atom stereocenters. The number of nitrogens with zero attached hydrogens (tertiary/aromatic N) is 2. The zero-order valence-corrected chi connectivity index (χ0v) is 17.6. The number of carbonyl (C=O) groups excluding carboxylic acids is 1. The van der Waals surface area contributed by atoms with Crippen LogP contribution in [-0.2, 0) is 13.0 Å². The van der Waals surface area contributed by atoms with Gasteiger partial charge < -0.3 is 10.1 Å². The number of halogens is 1. The molecule has 0 saturated heterocycles. The van der Waals surface area contributed by atoms with Gasteiger partial charge in [-0.05, 0) is 48.7 Å². The van der Waals surface area contributed by atoms with Gasteiger partial charge in [-0.3, -0.25) is 9.48 Å². The number of para-hydroxylation sites is 1. The van der Waals surface area contributed by atoms with Gasteiger partial charge in [-0.1, -0.05) is 30.3 Å². The minimum absolute atomic E-state index is 0.0983. The molecule has 4 aromatic rings. The van der Waals surface area contributed by atoms with Gasteiger partial charge in [0, 0.05) is 11.9 Å². The number of rotatable bonds is 7. The van der Waals surface area contributed by atoms with Crippen LogP contribution in [0.4, 0.5) is 4.39 Å². The molecule has 2 aromatic heterocycles. The lowest BCUT2D eigenvalue weighted by molar-refractivity contribution is 0.0958. The van der Waals surface area contributed by atoms with E-state index in [4.69, 9.17) is 4.74 Å². The summed E-state index contributed by atoms with van der Waals surface area (Å²) in [6.45, 7) is 2.98. The highest BCUT2D eigenvalue weighted by Gasteiger charge is 2.16. The quantitative estimate of drug-likeness (QED) is 0.474. The van der Waals surface area contributed by atoms with Crippen molar-refractivity contribution >= 4 is 27.5 Å². The number of aryl methyl sites for hydroxylation is 1. The Labute approximate surface area is 178 Å². The van der Waals surface area contributed by atoms with Gasteiger partial charge in [0.1, 0.15) is 16.4 Å². The van der Waals surface area contributed by atoms with Crippen LogP contribution < -0.4 is 10.1 Å². The lowest BCUT2D eigenvalue weighted by Crippen LogP contribution is -2.25. The van der Waals surface area contributed by atoms with Crippen LogP contribution >= 0.6 is 11.3 Å². The monoisotopic (exact) mass is 423 g/mol. The molecule has 0 radical (unpaired) electrons. The van der Waals surface area contributed by atoms with Gasteiger partial charge in [0.25, 0.3) is 5.91 Å². The number of hydrogen-bond donors (Lipinski definition) is 1. The smallest absolute Gasteiger partial charge is 0.261 e. The van der Waals surface area contributed by atoms with E-state index >= 15 is 0 Å². The minimum atomic E-state index is -0.260. The van der Waals surface area contributed by atoms with Crippen molar-refractivity contribution in [1.29, 1.82) is 0 Å². The molecule has 7 heteroatoms. The molecule has 0 aliphatic rings. The van der Waals surface area contributed by atoms with Gasteiger partial charge in [0.2, 0.25) is 0 Å². The summed E-state index contributed by atoms with van der Waals surface area (Å²) in [7, 11) is 1.65. The lowest BCUT2D eigenvalue weighted by Gasteiger charge is -2.08. The highest BCUT2D eigenvalue weighted by molar-refractivity contribution is 7.20. The molecule has 5 nitrogen and oxygen atoms in total. The fraction of sp³-hybridized carbons (Fsp3) is 0.217. The summed E-state index contributed by atoms with van der Waals surface area (Å²) in [5, 5.41) is 8.53. The van der Waals surface area contributed by atoms with E-state index in [-0.39, 0.29) is 11.7 Å². The van der Waals surface area contributed by atoms with Gasteiger partial charge >= 0.3 is 0 Å². The first-order valence-corrected chi connectivity index (χ1v) is 10.5. The maximum atomic E-state index is 13.2. The Morgan fingerprint density at radius 2 is 1.97 bits per heavy atom. The number of methoxy groups -OCH3 is 1. The summed E-state index contributed by atoms with van der Waals surface area (Å²) in [5.74, 6) is 0.465. The molecule has 2 heterocycles. The summed E-state index contributed by atoms with van der Waals surface area (Å²) in [6, 6.07) is 16.1. The summed E-state index contributed by atoms with van der Waals surface area (Å²) in [6.07, 6.45) is 0.692. The average Bonchev–Trinajstić information content (AvgIpc) is 3.31. The van der Waals surface area contributed by atoms with E-state index in [1.165, 1.54) is 23.5 Å². The lowest BCUT2D eigenvalue weighted by atomic mass is 10.1. The van der Waals surface area contributed by atoms with Crippen LogP contribution in [0.2, 0.25) is 0 Å². The molecule has 1 N–H and O–H groups in total. The van der Waals surface area contributed by atoms with Crippen LogP contribution in [0.25, 0.3) is 10.2 Å². The van der Waals surface area contributed by atoms with Crippen LogP contribution in [-0.4, -0.2) is 29.3 Å². The molecule has 0 aliphatic heterocycles. The number of fused-ring (bicyclic) bond motifs is 1. The number of nitrogens with one attached hydrogen (secondary N) is 1. The topological polar surface area (TPSA) is 56.1 Å². The van der Waals surface area contributed by atoms with Crippen molar-refractivity contribution in [3.05, 3.63) is 82.1 Å². The second-order valence-electron chi connectivity index (χ2n) is 7.02. The number of ether oxygens (including phenoxy) is 1. The predicted octanol–water partition coefficient (Wildman–Crippen LogP) is 4.57. The minimum Gasteiger partial charge on any atom is -0.496 e. The molecule has 2 aromatic carbocycles. The van der Waals surface area contributed by atoms with Crippen LogP contribution in [0.5, 0.6) is 5.75 Å². The second kappa shape index (κ2) is 8.67. The Morgan fingerprint density at radius 1 is 1.20 bits per heavy atom. The molecule has 0 unspecified atom stereocenters. The fourth-order valence-corrected chi connectivity index (χ4v) is 4.48. The molecule has 30 heavy (non-hydrogen) atoms. The maximum Gasteiger partial charge on any atom is 0.261 e. The molecule has 0 fully saturated rings. The molecular formula is C23H22FN3O2S. The Kier molecular flexibility index (Phi) is 5.81. The SMILES string of the molecule is COc1ccccc1CCNC(=O)c1cc2c(C)nn(Cc3ccc(F)cc3)c2s1. The average molecular weight is 424 g/mol. The normalized spacial score (nSPS) is 11.0. The predicted molar refractivity (Wildman–Crippen MR) is 117 cm³/mol. The maximum absolute atomic E-state index is 13.2. The number of amides is 1. The summed E-state index contributed by atoms with van der Waals surface area (Å²) < 4.78 is 20.4. The zero-order valence-electron chi connectivity index (χ0n) is 16.8. The van der Waals surface area contributed by atoms with Crippen molar-refractivity contribution in [2.24, 2.45) is 0 Å². The van der Waals surface area contributed by atoms with Crippen molar-refractivity contribution in [2.45, 2.75) is 19.9 Å². The van der Waals surface area contributed by atoms with E-state index in [2.05, 4.69) is 10.4 Å². The van der Waals surface area contributed by atoms with Crippen LogP contribution in [0.1, 0.15) is 26.5 Å². The highest BCUT2D eigenvalue weighted by Crippen LogP contribution is 2.29. The van der Waals surface area contributed by atoms with E-state index in [9.17, 15) is 9.18 Å². The van der Waals surface area contributed by atoms with Gasteiger partial charge in [-0.15, -0.1) is 11.3 Å². The molecular weight excluding hydrogens is 401 g/mol. The first-order valence-electron chi connectivity index (χ1n) is 9.66. The van der Waals surface area contributed by atoms with Crippen LogP contribution in [0.15, 0.2) is 54.6 Å². The van der Waals surface area contributed by atoms with Crippen molar-refractivity contribution in [3.8, 4) is 5.75 Å². The van der Waals surface area contributed by atoms with Crippen LogP contribution in [0.3, 0.4) is 0 Å². The Balaban J connectivity index is 1.46. The molecule has 4 rings (SSSR count). The van der Waals surface area contributed by atoms with E-state index in [0.29, 0.717) is 24.4 Å². The summed E-state index contributed by atoms with van der Waals surface area (Å²) in [4.78, 5) is 14.3. The van der Waals surface area contributed by atoms with E-state index in [0.717, 1.165) is 32.8 Å². The van der Waals surface area contributed by atoms with E-state index in [1.54, 1.807) is 19.2 Å². The van der Waals surface area contributed by atoms with Gasteiger partial charge in [-0.2, -0.15) is 5.10 Å². The molecule has 1 amide bonds. The molecule has 0 spiro atoms. The van der Waals surface area contributed by atoms with Gasteiger partial charge in [0.15, 0.2) is 0 Å². The molecule has 154 valence electrons. The molecule has 0 aliphatic carbocycles. The van der Waals surface area contributed by atoms with Crippen molar-refractivity contribution in [1.82, 2.24) is 15.1 Å². The standard InChI is InChI=1S/C23H22FN3O2S/c1-15-19-13-21(22(28)25-12-11-17-5-3-4-6-20(17)29-2)30-23(19)27(26-15)14-16-7-9-18(24)10-8-16/h3-10,13H,11-12,14H2,1-2H3,(H,25,28). The second-order valence-corrected chi connectivity index (χ2v) is 8.05. The third kappa shape index (κ3) is 4.21. The number of thiophene rings is 1. The first kappa shape index (κ1) is 20.1. The Bertz CT molecular complexity index is 1180. The third-order valence-corrected chi connectivity index (χ3v) is 6.10. The molecule has 0 bridgehead atoms. The van der Waals surface area contributed by atoms with Crippen molar-refractivity contribution < 1.29 is 13.9 Å². The number of carbonyl (C=O) groups is 1. The van der Waals surface area contributed by atoms with Crippen molar-refractivity contribution in [2.75, 3.05) is 13.7 Å². The first-order chi connectivity index (χ1) is 14.5. The largest absolute Gasteiger partial charge is 0.496 e. The summed E-state index contributed by atoms with van der Waals surface area (Å²) >= 11 is 1.42. The van der Waals surface area contributed by atoms with Gasteiger partial charge in [0.05, 0.1) is 24.2 Å². The highest BCUT2D eigenvalue weighted by atomic mass is 32.1. The summed E-state index contributed by atoms with van der Waals surface area (Å²) in [5.41, 5.74) is 2.89. The number of aromatic nitrogens is 2. The van der Waals surface area contributed by atoms with E-state index in [1.807, 2.05) is 41.9 Å². The Hall–Kier alpha value is -3.19. The Morgan fingerprint density at radius 3 is 2.73 bits per heavy atom. The fourth-order valence-electron chi connectivity index (χ4n) is 3.40. The van der Waals surface area contributed by atoms with Gasteiger partial charge in [-0.25, -0.2) is 4.39 Å². The van der Waals surface area contributed by atoms with Crippen LogP contribution in [0, 0.1) is 12.7 Å².